The molecule has 50 valence electrons. The van der Waals surface area contributed by atoms with Crippen LogP contribution in [0.2, 0.25) is 0 Å². The van der Waals surface area contributed by atoms with Crippen LogP contribution in [0.25, 0.3) is 0 Å². The Kier molecular flexibility index (Phi) is 1.29. The lowest BCUT2D eigenvalue weighted by Gasteiger charge is -2.13. The van der Waals surface area contributed by atoms with Gasteiger partial charge in [0.2, 0.25) is 0 Å². The average molecular weight is 123 g/mol. The molecule has 1 aliphatic carbocycles. The maximum atomic E-state index is 4.47. The van der Waals surface area contributed by atoms with Gasteiger partial charge in [-0.1, -0.05) is 0 Å². The van der Waals surface area contributed by atoms with E-state index in [9.17, 15) is 0 Å². The zero-order valence-electron chi connectivity index (χ0n) is 5.71. The molecule has 1 heteroatoms. The molecule has 1 aliphatic heterocycles. The average Bonchev–Trinajstić information content (AvgIpc) is 2.71. The molecule has 1 nitrogen and oxygen atoms in total. The molecule has 1 atom stereocenters. The van der Waals surface area contributed by atoms with Gasteiger partial charge < -0.3 is 0 Å². The molecule has 9 heavy (non-hydrogen) atoms. The highest BCUT2D eigenvalue weighted by atomic mass is 14.8. The van der Waals surface area contributed by atoms with Crippen molar-refractivity contribution in [2.75, 3.05) is 0 Å². The third kappa shape index (κ3) is 1.15. The monoisotopic (exact) mass is 123 g/mol. The standard InChI is InChI=1S/C8H13N/c1-2-6-9-8(3-1)7-4-5-7/h6-8H,1-5H2. The summed E-state index contributed by atoms with van der Waals surface area (Å²) in [6, 6.07) is 0.735. The quantitative estimate of drug-likeness (QED) is 0.506. The van der Waals surface area contributed by atoms with E-state index in [1.165, 1.54) is 32.1 Å². The van der Waals surface area contributed by atoms with Crippen molar-refractivity contribution < 1.29 is 0 Å². The Labute approximate surface area is 56.2 Å². The van der Waals surface area contributed by atoms with Gasteiger partial charge in [-0.2, -0.15) is 0 Å². The molecule has 1 saturated carbocycles. The molecule has 1 heterocycles. The second kappa shape index (κ2) is 2.13. The van der Waals surface area contributed by atoms with E-state index in [2.05, 4.69) is 11.2 Å². The first-order valence-electron chi connectivity index (χ1n) is 3.98. The third-order valence-electron chi connectivity index (χ3n) is 2.30. The highest BCUT2D eigenvalue weighted by Crippen LogP contribution is 2.37. The number of hydrogen-bond acceptors (Lipinski definition) is 1. The Hall–Kier alpha value is -0.330. The SMILES string of the molecule is C1=NC(C2CC2)CCC1. The summed E-state index contributed by atoms with van der Waals surface area (Å²) < 4.78 is 0. The Morgan fingerprint density at radius 2 is 2.11 bits per heavy atom. The van der Waals surface area contributed by atoms with Gasteiger partial charge in [0.1, 0.15) is 0 Å². The summed E-state index contributed by atoms with van der Waals surface area (Å²) in [5, 5.41) is 0. The summed E-state index contributed by atoms with van der Waals surface area (Å²) in [6.07, 6.45) is 8.98. The van der Waals surface area contributed by atoms with Gasteiger partial charge in [0.15, 0.2) is 0 Å². The van der Waals surface area contributed by atoms with Gasteiger partial charge in [0.25, 0.3) is 0 Å². The van der Waals surface area contributed by atoms with Gasteiger partial charge in [-0.3, -0.25) is 4.99 Å². The highest BCUT2D eigenvalue weighted by Gasteiger charge is 2.30. The topological polar surface area (TPSA) is 12.4 Å². The van der Waals surface area contributed by atoms with E-state index in [-0.39, 0.29) is 0 Å². The van der Waals surface area contributed by atoms with Crippen LogP contribution in [0.1, 0.15) is 32.1 Å². The minimum atomic E-state index is 0.735. The van der Waals surface area contributed by atoms with Gasteiger partial charge in [0, 0.05) is 0 Å². The van der Waals surface area contributed by atoms with E-state index in [1.807, 2.05) is 0 Å². The lowest BCUT2D eigenvalue weighted by atomic mass is 10.0. The number of nitrogens with zero attached hydrogens (tertiary/aromatic N) is 1. The van der Waals surface area contributed by atoms with Crippen molar-refractivity contribution >= 4 is 6.21 Å². The summed E-state index contributed by atoms with van der Waals surface area (Å²) in [7, 11) is 0. The van der Waals surface area contributed by atoms with E-state index in [1.54, 1.807) is 0 Å². The van der Waals surface area contributed by atoms with Crippen molar-refractivity contribution in [1.29, 1.82) is 0 Å². The van der Waals surface area contributed by atoms with Crippen LogP contribution in [0.15, 0.2) is 4.99 Å². The van der Waals surface area contributed by atoms with E-state index >= 15 is 0 Å². The predicted octanol–water partition coefficient (Wildman–Crippen LogP) is 2.02. The smallest absolute Gasteiger partial charge is 0.0524 e. The molecule has 0 aromatic heterocycles. The number of hydrogen-bond donors (Lipinski definition) is 0. The molecule has 0 saturated heterocycles. The summed E-state index contributed by atoms with van der Waals surface area (Å²) in [4.78, 5) is 4.47. The second-order valence-electron chi connectivity index (χ2n) is 3.17. The number of rotatable bonds is 1. The molecule has 2 aliphatic rings. The van der Waals surface area contributed by atoms with Crippen molar-refractivity contribution in [3.05, 3.63) is 0 Å². The van der Waals surface area contributed by atoms with Gasteiger partial charge in [-0.25, -0.2) is 0 Å². The van der Waals surface area contributed by atoms with Crippen LogP contribution in [0, 0.1) is 5.92 Å². The molecule has 0 spiro atoms. The van der Waals surface area contributed by atoms with E-state index in [0.29, 0.717) is 0 Å². The highest BCUT2D eigenvalue weighted by molar-refractivity contribution is 5.58. The second-order valence-corrected chi connectivity index (χ2v) is 3.17. The molecular formula is C8H13N. The third-order valence-corrected chi connectivity index (χ3v) is 2.30. The fourth-order valence-electron chi connectivity index (χ4n) is 1.54. The first kappa shape index (κ1) is 5.45. The summed E-state index contributed by atoms with van der Waals surface area (Å²) in [6.45, 7) is 0. The lowest BCUT2D eigenvalue weighted by Crippen LogP contribution is -2.10. The maximum absolute atomic E-state index is 4.47. The Balaban J connectivity index is 1.94. The van der Waals surface area contributed by atoms with E-state index in [4.69, 9.17) is 0 Å². The molecule has 1 fully saturated rings. The molecule has 0 aromatic carbocycles. The molecule has 0 radical (unpaired) electrons. The molecule has 1 unspecified atom stereocenters. The number of aliphatic imine (C=N–C) groups is 1. The van der Waals surface area contributed by atoms with Crippen LogP contribution >= 0.6 is 0 Å². The Morgan fingerprint density at radius 1 is 1.22 bits per heavy atom. The minimum Gasteiger partial charge on any atom is -0.294 e. The Morgan fingerprint density at radius 3 is 2.67 bits per heavy atom. The molecule has 0 N–H and O–H groups in total. The lowest BCUT2D eigenvalue weighted by molar-refractivity contribution is 0.522. The molecule has 0 bridgehead atoms. The Bertz CT molecular complexity index is 125. The van der Waals surface area contributed by atoms with Gasteiger partial charge in [0.05, 0.1) is 6.04 Å². The zero-order valence-corrected chi connectivity index (χ0v) is 5.71. The normalized spacial score (nSPS) is 34.9. The predicted molar refractivity (Wildman–Crippen MR) is 38.9 cm³/mol. The van der Waals surface area contributed by atoms with Crippen LogP contribution in [-0.2, 0) is 0 Å². The minimum absolute atomic E-state index is 0.735. The van der Waals surface area contributed by atoms with Crippen LogP contribution in [0.3, 0.4) is 0 Å². The van der Waals surface area contributed by atoms with Crippen molar-refractivity contribution in [1.82, 2.24) is 0 Å². The summed E-state index contributed by atoms with van der Waals surface area (Å²) in [5.74, 6) is 0.988. The van der Waals surface area contributed by atoms with Crippen molar-refractivity contribution in [2.24, 2.45) is 10.9 Å². The van der Waals surface area contributed by atoms with Crippen molar-refractivity contribution in [3.8, 4) is 0 Å². The molecule has 0 aromatic rings. The van der Waals surface area contributed by atoms with E-state index in [0.717, 1.165) is 12.0 Å². The first-order valence-corrected chi connectivity index (χ1v) is 3.98. The summed E-state index contributed by atoms with van der Waals surface area (Å²) >= 11 is 0. The van der Waals surface area contributed by atoms with Gasteiger partial charge >= 0.3 is 0 Å². The fraction of sp³-hybridized carbons (Fsp3) is 0.875. The van der Waals surface area contributed by atoms with Gasteiger partial charge in [-0.15, -0.1) is 0 Å². The molecule has 0 amide bonds. The van der Waals surface area contributed by atoms with Crippen LogP contribution in [-0.4, -0.2) is 12.3 Å². The van der Waals surface area contributed by atoms with Crippen molar-refractivity contribution in [3.63, 3.8) is 0 Å². The first-order chi connectivity index (χ1) is 4.47. The maximum Gasteiger partial charge on any atom is 0.0524 e. The van der Waals surface area contributed by atoms with Crippen molar-refractivity contribution in [2.45, 2.75) is 38.1 Å². The summed E-state index contributed by atoms with van der Waals surface area (Å²) in [5.41, 5.74) is 0. The largest absolute Gasteiger partial charge is 0.294 e. The molecular weight excluding hydrogens is 110 g/mol. The van der Waals surface area contributed by atoms with Gasteiger partial charge in [-0.05, 0) is 44.2 Å². The van der Waals surface area contributed by atoms with E-state index < -0.39 is 0 Å². The molecule has 2 rings (SSSR count). The zero-order chi connectivity index (χ0) is 6.10. The van der Waals surface area contributed by atoms with Crippen LogP contribution in [0.5, 0.6) is 0 Å². The fourth-order valence-corrected chi connectivity index (χ4v) is 1.54. The van der Waals surface area contributed by atoms with Crippen LogP contribution < -0.4 is 0 Å². The van der Waals surface area contributed by atoms with Crippen LogP contribution in [0.4, 0.5) is 0 Å².